The number of rotatable bonds is 3. The Morgan fingerprint density at radius 2 is 1.12 bits per heavy atom. The van der Waals surface area contributed by atoms with Crippen molar-refractivity contribution in [3.05, 3.63) is 101 Å². The lowest BCUT2D eigenvalue weighted by Crippen LogP contribution is -2.19. The molecule has 0 bridgehead atoms. The zero-order valence-electron chi connectivity index (χ0n) is 14.3. The van der Waals surface area contributed by atoms with Gasteiger partial charge < -0.3 is 4.89 Å². The van der Waals surface area contributed by atoms with Crippen LogP contribution in [0.4, 0.5) is 0 Å². The van der Waals surface area contributed by atoms with Gasteiger partial charge in [0.25, 0.3) is 0 Å². The molecular formula is C22H21OP. The number of hydrogen-bond donors (Lipinski definition) is 0. The van der Waals surface area contributed by atoms with Gasteiger partial charge in [-0.15, -0.1) is 0 Å². The molecule has 0 aliphatic carbocycles. The molecular weight excluding hydrogens is 311 g/mol. The molecule has 2 heteroatoms. The Bertz CT molecular complexity index is 816. The first-order valence-electron chi connectivity index (χ1n) is 8.11. The Morgan fingerprint density at radius 3 is 1.54 bits per heavy atom. The fraction of sp³-hybridized carbons (Fsp3) is 0.136. The molecule has 0 spiro atoms. The van der Waals surface area contributed by atoms with Gasteiger partial charge in [0.05, 0.1) is 7.77 Å². The lowest BCUT2D eigenvalue weighted by molar-refractivity contribution is -0.149. The smallest absolute Gasteiger partial charge is 0.159 e. The van der Waals surface area contributed by atoms with E-state index in [1.54, 1.807) is 0 Å². The molecule has 0 aromatic heterocycles. The van der Waals surface area contributed by atoms with Gasteiger partial charge in [0.2, 0.25) is 0 Å². The summed E-state index contributed by atoms with van der Waals surface area (Å²) < 4.78 is 0. The molecule has 0 aliphatic rings. The van der Waals surface area contributed by atoms with Gasteiger partial charge in [0, 0.05) is 11.1 Å². The van der Waals surface area contributed by atoms with Crippen LogP contribution in [0.2, 0.25) is 0 Å². The average Bonchev–Trinajstić information content (AvgIpc) is 2.56. The Kier molecular flexibility index (Phi) is 4.94. The molecule has 24 heavy (non-hydrogen) atoms. The Morgan fingerprint density at radius 1 is 0.708 bits per heavy atom. The van der Waals surface area contributed by atoms with Crippen LogP contribution in [0.1, 0.15) is 27.8 Å². The second-order valence-corrected chi connectivity index (χ2v) is 7.61. The van der Waals surface area contributed by atoms with Gasteiger partial charge in [-0.05, 0) is 31.9 Å². The van der Waals surface area contributed by atoms with Crippen LogP contribution in [0, 0.1) is 20.8 Å². The van der Waals surface area contributed by atoms with Gasteiger partial charge in [-0.2, -0.15) is 0 Å². The minimum Gasteiger partial charge on any atom is -0.625 e. The largest absolute Gasteiger partial charge is 0.625 e. The maximum atomic E-state index is 13.6. The SMILES string of the molecule is Cc1cc(C)c([P+]([O-])=C(c2ccccc2)c2ccccc2)c(C)c1. The van der Waals surface area contributed by atoms with Crippen LogP contribution in [0.15, 0.2) is 72.8 Å². The third kappa shape index (κ3) is 3.33. The lowest BCUT2D eigenvalue weighted by Gasteiger charge is -2.13. The predicted molar refractivity (Wildman–Crippen MR) is 103 cm³/mol. The monoisotopic (exact) mass is 332 g/mol. The first kappa shape index (κ1) is 16.6. The highest BCUT2D eigenvalue weighted by Crippen LogP contribution is 2.27. The van der Waals surface area contributed by atoms with Crippen LogP contribution in [-0.4, -0.2) is 5.29 Å². The van der Waals surface area contributed by atoms with Crippen molar-refractivity contribution < 1.29 is 4.89 Å². The summed E-state index contributed by atoms with van der Waals surface area (Å²) in [5.41, 5.74) is 5.43. The highest BCUT2D eigenvalue weighted by atomic mass is 31.1. The van der Waals surface area contributed by atoms with Crippen LogP contribution in [-0.2, 0) is 0 Å². The molecule has 0 aliphatic heterocycles. The summed E-state index contributed by atoms with van der Waals surface area (Å²) in [5, 5.41) is 1.86. The van der Waals surface area contributed by atoms with E-state index >= 15 is 0 Å². The van der Waals surface area contributed by atoms with Gasteiger partial charge in [-0.3, -0.25) is 0 Å². The van der Waals surface area contributed by atoms with Gasteiger partial charge in [-0.1, -0.05) is 78.4 Å². The van der Waals surface area contributed by atoms with Gasteiger partial charge in [-0.25, -0.2) is 0 Å². The summed E-state index contributed by atoms with van der Waals surface area (Å²) in [6.45, 7) is 6.18. The van der Waals surface area contributed by atoms with E-state index in [0.717, 1.165) is 32.9 Å². The van der Waals surface area contributed by atoms with E-state index < -0.39 is 7.77 Å². The van der Waals surface area contributed by atoms with E-state index in [9.17, 15) is 4.89 Å². The molecule has 3 aromatic carbocycles. The summed E-state index contributed by atoms with van der Waals surface area (Å²) in [6, 6.07) is 24.3. The molecule has 0 saturated carbocycles. The first-order chi connectivity index (χ1) is 11.6. The fourth-order valence-electron chi connectivity index (χ4n) is 3.20. The first-order valence-corrected chi connectivity index (χ1v) is 9.37. The molecule has 120 valence electrons. The van der Waals surface area contributed by atoms with E-state index in [0.29, 0.717) is 0 Å². The predicted octanol–water partition coefficient (Wildman–Crippen LogP) is 4.26. The second kappa shape index (κ2) is 7.13. The quantitative estimate of drug-likeness (QED) is 0.657. The third-order valence-electron chi connectivity index (χ3n) is 4.14. The molecule has 1 unspecified atom stereocenters. The fourth-order valence-corrected chi connectivity index (χ4v) is 4.96. The van der Waals surface area contributed by atoms with E-state index in [2.05, 4.69) is 32.9 Å². The minimum absolute atomic E-state index is 0.904. The summed E-state index contributed by atoms with van der Waals surface area (Å²) in [5.74, 6) is 0. The Balaban J connectivity index is 2.31. The molecule has 0 fully saturated rings. The van der Waals surface area contributed by atoms with Crippen LogP contribution in [0.5, 0.6) is 0 Å². The van der Waals surface area contributed by atoms with E-state index in [4.69, 9.17) is 0 Å². The van der Waals surface area contributed by atoms with Gasteiger partial charge in [0.15, 0.2) is 10.6 Å². The van der Waals surface area contributed by atoms with Crippen LogP contribution < -0.4 is 10.2 Å². The van der Waals surface area contributed by atoms with Crippen LogP contribution >= 0.6 is 7.77 Å². The zero-order chi connectivity index (χ0) is 17.1. The summed E-state index contributed by atoms with van der Waals surface area (Å²) in [7, 11) is -1.68. The second-order valence-electron chi connectivity index (χ2n) is 6.12. The third-order valence-corrected chi connectivity index (χ3v) is 6.17. The van der Waals surface area contributed by atoms with Crippen molar-refractivity contribution in [2.45, 2.75) is 20.8 Å². The average molecular weight is 332 g/mol. The standard InChI is InChI=1S/C22H21OP/c1-16-14-17(2)21(18(3)15-16)24(23)22(19-10-6-4-7-11-19)20-12-8-5-9-13-20/h4-15H,1-3H3. The van der Waals surface area contributed by atoms with Crippen molar-refractivity contribution in [2.24, 2.45) is 0 Å². The molecule has 1 atom stereocenters. The lowest BCUT2D eigenvalue weighted by atomic mass is 10.1. The van der Waals surface area contributed by atoms with Crippen molar-refractivity contribution in [3.63, 3.8) is 0 Å². The van der Waals surface area contributed by atoms with Gasteiger partial charge in [0.1, 0.15) is 0 Å². The maximum absolute atomic E-state index is 13.6. The van der Waals surface area contributed by atoms with E-state index in [1.165, 1.54) is 5.56 Å². The molecule has 0 saturated heterocycles. The van der Waals surface area contributed by atoms with Crippen LogP contribution in [0.25, 0.3) is 0 Å². The molecule has 0 N–H and O–H groups in total. The zero-order valence-corrected chi connectivity index (χ0v) is 15.2. The van der Waals surface area contributed by atoms with Crippen molar-refractivity contribution in [1.29, 1.82) is 0 Å². The summed E-state index contributed by atoms with van der Waals surface area (Å²) in [6.07, 6.45) is 0. The van der Waals surface area contributed by atoms with E-state index in [1.807, 2.05) is 60.7 Å². The van der Waals surface area contributed by atoms with Crippen molar-refractivity contribution >= 4 is 18.4 Å². The van der Waals surface area contributed by atoms with Gasteiger partial charge >= 0.3 is 0 Å². The number of hydrogen-bond acceptors (Lipinski definition) is 1. The summed E-state index contributed by atoms with van der Waals surface area (Å²) >= 11 is 0. The molecule has 0 heterocycles. The number of aryl methyl sites for hydroxylation is 3. The topological polar surface area (TPSA) is 23.1 Å². The molecule has 3 aromatic rings. The molecule has 0 amide bonds. The normalized spacial score (nSPS) is 11.2. The minimum atomic E-state index is -1.68. The summed E-state index contributed by atoms with van der Waals surface area (Å²) in [4.78, 5) is 13.6. The Labute approximate surface area is 145 Å². The van der Waals surface area contributed by atoms with E-state index in [-0.39, 0.29) is 0 Å². The Hall–Kier alpha value is -2.21. The molecule has 1 nitrogen and oxygen atoms in total. The highest BCUT2D eigenvalue weighted by Gasteiger charge is 2.21. The van der Waals surface area contributed by atoms with Crippen LogP contribution in [0.3, 0.4) is 0 Å². The molecule has 0 radical (unpaired) electrons. The maximum Gasteiger partial charge on any atom is 0.159 e. The number of benzene rings is 3. The van der Waals surface area contributed by atoms with Crippen molar-refractivity contribution in [2.75, 3.05) is 0 Å². The van der Waals surface area contributed by atoms with Crippen molar-refractivity contribution in [3.8, 4) is 0 Å². The van der Waals surface area contributed by atoms with Crippen molar-refractivity contribution in [1.82, 2.24) is 0 Å². The molecule has 3 rings (SSSR count). The highest BCUT2D eigenvalue weighted by molar-refractivity contribution is 7.61.